The van der Waals surface area contributed by atoms with Gasteiger partial charge in [0.1, 0.15) is 0 Å². The number of hydrogen-bond donors (Lipinski definition) is 4. The third-order valence-electron chi connectivity index (χ3n) is 5.63. The van der Waals surface area contributed by atoms with Crippen molar-refractivity contribution < 1.29 is 34.1 Å². The molecule has 0 bridgehead atoms. The minimum Gasteiger partial charge on any atom is -0.478 e. The Morgan fingerprint density at radius 3 is 2.09 bits per heavy atom. The van der Waals surface area contributed by atoms with Crippen LogP contribution in [0.2, 0.25) is 0 Å². The maximum Gasteiger partial charge on any atom is 0.338 e. The van der Waals surface area contributed by atoms with Gasteiger partial charge in [0, 0.05) is 29.3 Å². The van der Waals surface area contributed by atoms with Crippen LogP contribution in [0.5, 0.6) is 0 Å². The lowest BCUT2D eigenvalue weighted by atomic mass is 9.79. The Bertz CT molecular complexity index is 1260. The van der Waals surface area contributed by atoms with Gasteiger partial charge >= 0.3 is 17.9 Å². The van der Waals surface area contributed by atoms with E-state index in [9.17, 15) is 29.4 Å². The predicted molar refractivity (Wildman–Crippen MR) is 129 cm³/mol. The number of hydrogen-bond acceptors (Lipinski definition) is 8. The second-order valence-corrected chi connectivity index (χ2v) is 7.83. The Hall–Kier alpha value is -4.47. The van der Waals surface area contributed by atoms with Crippen LogP contribution < -0.4 is 11.5 Å². The Morgan fingerprint density at radius 2 is 1.49 bits per heavy atom. The number of aliphatic imine (C=N–C) groups is 1. The lowest BCUT2D eigenvalue weighted by Crippen LogP contribution is -2.28. The second kappa shape index (κ2) is 10.6. The number of carbonyl (C=O) groups is 4. The summed E-state index contributed by atoms with van der Waals surface area (Å²) in [6.45, 7) is 3.97. The number of ketones is 1. The summed E-state index contributed by atoms with van der Waals surface area (Å²) in [5.74, 6) is -4.19. The van der Waals surface area contributed by atoms with Gasteiger partial charge in [0.25, 0.3) is 0 Å². The molecule has 1 aliphatic rings. The Labute approximate surface area is 200 Å². The van der Waals surface area contributed by atoms with Crippen LogP contribution >= 0.6 is 0 Å². The van der Waals surface area contributed by atoms with Crippen LogP contribution in [0.3, 0.4) is 0 Å². The maximum atomic E-state index is 13.3. The van der Waals surface area contributed by atoms with Crippen molar-refractivity contribution in [2.45, 2.75) is 25.7 Å². The van der Waals surface area contributed by atoms with Crippen LogP contribution in [0.4, 0.5) is 11.4 Å². The monoisotopic (exact) mass is 479 g/mol. The fourth-order valence-corrected chi connectivity index (χ4v) is 4.03. The molecule has 0 spiro atoms. The number of esters is 1. The molecule has 0 unspecified atom stereocenters. The summed E-state index contributed by atoms with van der Waals surface area (Å²) in [6, 6.07) is 6.61. The molecular weight excluding hydrogens is 454 g/mol. The first-order chi connectivity index (χ1) is 16.7. The number of aromatic carboxylic acids is 2. The third kappa shape index (κ3) is 4.91. The highest BCUT2D eigenvalue weighted by atomic mass is 16.5. The van der Waals surface area contributed by atoms with E-state index in [-0.39, 0.29) is 22.4 Å². The molecule has 182 valence electrons. The molecular formula is C25H25N3O7. The van der Waals surface area contributed by atoms with Gasteiger partial charge < -0.3 is 26.4 Å². The van der Waals surface area contributed by atoms with Gasteiger partial charge in [0.05, 0.1) is 40.4 Å². The number of ether oxygens (including phenoxy) is 1. The number of anilines is 2. The molecule has 0 saturated carbocycles. The molecule has 10 nitrogen and oxygen atoms in total. The highest BCUT2D eigenvalue weighted by molar-refractivity contribution is 6.35. The van der Waals surface area contributed by atoms with Crippen LogP contribution in [0, 0.1) is 0 Å². The standard InChI is InChI=1S/C25H25N3O7/c1-2-15(29)35-12-8-4-3-7-11-28-22-13-9-5-6-10-14(13)23(30)17-16(22)20(26)18(24(31)32)19(21(17)27)25(33)34/h2,5-6,9-10H,1,3-4,7-8,11-12,26-27H2,(H,31,32)(H,33,34). The molecule has 2 aromatic rings. The molecule has 3 rings (SSSR count). The topological polar surface area (TPSA) is 182 Å². The predicted octanol–water partition coefficient (Wildman–Crippen LogP) is 2.92. The fraction of sp³-hybridized carbons (Fsp3) is 0.240. The summed E-state index contributed by atoms with van der Waals surface area (Å²) < 4.78 is 4.93. The van der Waals surface area contributed by atoms with Crippen LogP contribution in [0.15, 0.2) is 41.9 Å². The summed E-state index contributed by atoms with van der Waals surface area (Å²) in [5, 5.41) is 19.3. The van der Waals surface area contributed by atoms with Crippen LogP contribution in [-0.4, -0.2) is 52.8 Å². The third-order valence-corrected chi connectivity index (χ3v) is 5.63. The van der Waals surface area contributed by atoms with Gasteiger partial charge in [0.15, 0.2) is 5.78 Å². The zero-order valence-corrected chi connectivity index (χ0v) is 18.9. The van der Waals surface area contributed by atoms with Crippen molar-refractivity contribution in [3.8, 4) is 0 Å². The number of unbranched alkanes of at least 4 members (excludes halogenated alkanes) is 3. The molecule has 2 aromatic carbocycles. The fourth-order valence-electron chi connectivity index (χ4n) is 4.03. The minimum atomic E-state index is -1.60. The van der Waals surface area contributed by atoms with E-state index in [4.69, 9.17) is 16.2 Å². The molecule has 0 amide bonds. The Balaban J connectivity index is 1.97. The smallest absolute Gasteiger partial charge is 0.338 e. The van der Waals surface area contributed by atoms with Crippen molar-refractivity contribution in [2.75, 3.05) is 24.6 Å². The van der Waals surface area contributed by atoms with Gasteiger partial charge in [-0.25, -0.2) is 14.4 Å². The quantitative estimate of drug-likeness (QED) is 0.147. The van der Waals surface area contributed by atoms with Gasteiger partial charge in [-0.2, -0.15) is 0 Å². The molecule has 0 fully saturated rings. The van der Waals surface area contributed by atoms with Crippen molar-refractivity contribution in [3.63, 3.8) is 0 Å². The zero-order chi connectivity index (χ0) is 25.7. The SMILES string of the molecule is C=CC(=O)OCCCCCCN=C1c2ccccc2C(=O)c2c(N)c(C(=O)O)c(C(=O)O)c(N)c21. The van der Waals surface area contributed by atoms with Crippen LogP contribution in [0.25, 0.3) is 0 Å². The summed E-state index contributed by atoms with van der Waals surface area (Å²) in [6.07, 6.45) is 4.03. The lowest BCUT2D eigenvalue weighted by molar-refractivity contribution is -0.137. The van der Waals surface area contributed by atoms with E-state index in [1.165, 1.54) is 0 Å². The van der Waals surface area contributed by atoms with Gasteiger partial charge in [-0.1, -0.05) is 37.3 Å². The average molecular weight is 479 g/mol. The number of carbonyl (C=O) groups excluding carboxylic acids is 2. The lowest BCUT2D eigenvalue weighted by Gasteiger charge is -2.25. The van der Waals surface area contributed by atoms with Crippen molar-refractivity contribution in [3.05, 3.63) is 70.3 Å². The summed E-state index contributed by atoms with van der Waals surface area (Å²) in [5.41, 5.74) is 10.9. The number of nitrogen functional groups attached to an aromatic ring is 2. The van der Waals surface area contributed by atoms with Gasteiger partial charge in [0.2, 0.25) is 0 Å². The molecule has 0 heterocycles. The van der Waals surface area contributed by atoms with E-state index >= 15 is 0 Å². The first-order valence-electron chi connectivity index (χ1n) is 10.9. The average Bonchev–Trinajstić information content (AvgIpc) is 2.83. The van der Waals surface area contributed by atoms with Crippen LogP contribution in [0.1, 0.15) is 73.4 Å². The number of nitrogens with two attached hydrogens (primary N) is 2. The number of fused-ring (bicyclic) bond motifs is 2. The highest BCUT2D eigenvalue weighted by Crippen LogP contribution is 2.39. The Kier molecular flexibility index (Phi) is 7.65. The summed E-state index contributed by atoms with van der Waals surface area (Å²) >= 11 is 0. The first kappa shape index (κ1) is 25.2. The minimum absolute atomic E-state index is 0.0323. The molecule has 0 atom stereocenters. The Morgan fingerprint density at radius 1 is 0.914 bits per heavy atom. The second-order valence-electron chi connectivity index (χ2n) is 7.83. The van der Waals surface area contributed by atoms with Crippen molar-refractivity contribution in [2.24, 2.45) is 4.99 Å². The molecule has 10 heteroatoms. The number of benzene rings is 2. The van der Waals surface area contributed by atoms with E-state index < -0.39 is 40.5 Å². The van der Waals surface area contributed by atoms with Gasteiger partial charge in [-0.05, 0) is 19.3 Å². The van der Waals surface area contributed by atoms with Crippen molar-refractivity contribution >= 4 is 40.8 Å². The molecule has 0 saturated heterocycles. The van der Waals surface area contributed by atoms with E-state index in [2.05, 4.69) is 11.6 Å². The van der Waals surface area contributed by atoms with E-state index in [0.717, 1.165) is 18.9 Å². The highest BCUT2D eigenvalue weighted by Gasteiger charge is 2.37. The maximum absolute atomic E-state index is 13.3. The molecule has 35 heavy (non-hydrogen) atoms. The molecule has 6 N–H and O–H groups in total. The number of nitrogens with zero attached hydrogens (tertiary/aromatic N) is 1. The summed E-state index contributed by atoms with van der Waals surface area (Å²) in [7, 11) is 0. The number of carboxylic acids is 2. The number of rotatable bonds is 10. The largest absolute Gasteiger partial charge is 0.478 e. The van der Waals surface area contributed by atoms with E-state index in [1.54, 1.807) is 24.3 Å². The van der Waals surface area contributed by atoms with E-state index in [1.807, 2.05) is 0 Å². The van der Waals surface area contributed by atoms with Gasteiger partial charge in [-0.15, -0.1) is 0 Å². The zero-order valence-electron chi connectivity index (χ0n) is 18.9. The van der Waals surface area contributed by atoms with Crippen molar-refractivity contribution in [1.29, 1.82) is 0 Å². The normalized spacial score (nSPS) is 13.1. The molecule has 0 radical (unpaired) electrons. The van der Waals surface area contributed by atoms with Gasteiger partial charge in [-0.3, -0.25) is 9.79 Å². The van der Waals surface area contributed by atoms with Crippen molar-refractivity contribution in [1.82, 2.24) is 0 Å². The van der Waals surface area contributed by atoms with Crippen LogP contribution in [-0.2, 0) is 9.53 Å². The molecule has 0 aliphatic heterocycles. The first-order valence-corrected chi connectivity index (χ1v) is 10.9. The molecule has 1 aliphatic carbocycles. The number of carboxylic acid groups (broad SMARTS) is 2. The van der Waals surface area contributed by atoms with E-state index in [0.29, 0.717) is 37.3 Å². The summed E-state index contributed by atoms with van der Waals surface area (Å²) in [4.78, 5) is 52.7. The molecule has 0 aromatic heterocycles.